The van der Waals surface area contributed by atoms with Gasteiger partial charge < -0.3 is 19.7 Å². The second kappa shape index (κ2) is 5.18. The van der Waals surface area contributed by atoms with E-state index < -0.39 is 23.3 Å². The first-order valence-corrected chi connectivity index (χ1v) is 7.28. The molecule has 0 aliphatic heterocycles. The van der Waals surface area contributed by atoms with Gasteiger partial charge in [-0.15, -0.1) is 0 Å². The third kappa shape index (κ3) is 2.34. The van der Waals surface area contributed by atoms with E-state index >= 15 is 0 Å². The van der Waals surface area contributed by atoms with Gasteiger partial charge in [-0.05, 0) is 13.0 Å². The number of carbonyl (C=O) groups excluding carboxylic acids is 2. The summed E-state index contributed by atoms with van der Waals surface area (Å²) in [4.78, 5) is 25.6. The lowest BCUT2D eigenvalue weighted by Crippen LogP contribution is -2.42. The zero-order valence-electron chi connectivity index (χ0n) is 13.2. The molecule has 6 nitrogen and oxygen atoms in total. The van der Waals surface area contributed by atoms with Crippen LogP contribution in [0.5, 0.6) is 11.5 Å². The Balaban J connectivity index is 2.24. The summed E-state index contributed by atoms with van der Waals surface area (Å²) in [6.07, 6.45) is -1.13. The Morgan fingerprint density at radius 2 is 1.87 bits per heavy atom. The average Bonchev–Trinajstić information content (AvgIpc) is 2.49. The van der Waals surface area contributed by atoms with Gasteiger partial charge in [0.1, 0.15) is 11.5 Å². The van der Waals surface area contributed by atoms with E-state index in [4.69, 9.17) is 9.47 Å². The second-order valence-corrected chi connectivity index (χ2v) is 6.20. The van der Waals surface area contributed by atoms with E-state index in [0.717, 1.165) is 0 Å². The van der Waals surface area contributed by atoms with Gasteiger partial charge >= 0.3 is 0 Å². The van der Waals surface area contributed by atoms with E-state index in [1.807, 2.05) is 0 Å². The van der Waals surface area contributed by atoms with Crippen molar-refractivity contribution in [2.45, 2.75) is 31.5 Å². The van der Waals surface area contributed by atoms with Crippen LogP contribution in [0.3, 0.4) is 0 Å². The molecule has 2 N–H and O–H groups in total. The first kappa shape index (κ1) is 15.7. The van der Waals surface area contributed by atoms with Crippen LogP contribution in [-0.2, 0) is 0 Å². The number of aliphatic hydroxyl groups is 2. The standard InChI is InChI=1S/C17H18O6/c1-17(21)6-10-13(11(18)7-17)15(19)9-4-8(22-2)5-12(23-3)14(9)16(10)20/h4-5,11,18,21H,6-7H2,1-3H3/t11-,17-/m0/s1. The fraction of sp³-hybridized carbons (Fsp3) is 0.412. The zero-order valence-corrected chi connectivity index (χ0v) is 13.2. The molecule has 0 heterocycles. The van der Waals surface area contributed by atoms with Gasteiger partial charge in [-0.2, -0.15) is 0 Å². The molecule has 1 aromatic carbocycles. The van der Waals surface area contributed by atoms with Crippen LogP contribution >= 0.6 is 0 Å². The van der Waals surface area contributed by atoms with Gasteiger partial charge in [-0.25, -0.2) is 0 Å². The normalized spacial score (nSPS) is 26.7. The number of methoxy groups -OCH3 is 2. The van der Waals surface area contributed by atoms with Crippen LogP contribution in [0.15, 0.2) is 23.3 Å². The maximum absolute atomic E-state index is 12.9. The first-order chi connectivity index (χ1) is 10.8. The molecule has 122 valence electrons. The van der Waals surface area contributed by atoms with E-state index in [0.29, 0.717) is 5.75 Å². The number of carbonyl (C=O) groups is 2. The lowest BCUT2D eigenvalue weighted by molar-refractivity contribution is 0.00375. The van der Waals surface area contributed by atoms with E-state index in [9.17, 15) is 19.8 Å². The highest BCUT2D eigenvalue weighted by atomic mass is 16.5. The number of ether oxygens (including phenoxy) is 2. The van der Waals surface area contributed by atoms with Crippen molar-refractivity contribution in [1.82, 2.24) is 0 Å². The minimum Gasteiger partial charge on any atom is -0.497 e. The SMILES string of the molecule is COc1cc(OC)c2c(c1)C(=O)C1=C(C[C@](C)(O)C[C@@H]1O)C2=O. The summed E-state index contributed by atoms with van der Waals surface area (Å²) >= 11 is 0. The molecule has 2 aliphatic rings. The molecule has 0 amide bonds. The van der Waals surface area contributed by atoms with Crippen LogP contribution in [0.4, 0.5) is 0 Å². The molecule has 3 rings (SSSR count). The summed E-state index contributed by atoms with van der Waals surface area (Å²) in [5, 5.41) is 20.5. The van der Waals surface area contributed by atoms with E-state index in [-0.39, 0.29) is 40.9 Å². The Labute approximate surface area is 133 Å². The van der Waals surface area contributed by atoms with Gasteiger partial charge in [0.15, 0.2) is 11.6 Å². The Morgan fingerprint density at radius 1 is 1.17 bits per heavy atom. The van der Waals surface area contributed by atoms with Gasteiger partial charge in [0.25, 0.3) is 0 Å². The van der Waals surface area contributed by atoms with Crippen molar-refractivity contribution in [2.24, 2.45) is 0 Å². The molecule has 0 radical (unpaired) electrons. The molecule has 2 aliphatic carbocycles. The number of hydrogen-bond acceptors (Lipinski definition) is 6. The number of benzene rings is 1. The molecule has 2 atom stereocenters. The number of fused-ring (bicyclic) bond motifs is 1. The fourth-order valence-corrected chi connectivity index (χ4v) is 3.34. The van der Waals surface area contributed by atoms with Crippen molar-refractivity contribution in [2.75, 3.05) is 14.2 Å². The minimum absolute atomic E-state index is 0.0152. The molecule has 1 aromatic rings. The van der Waals surface area contributed by atoms with Crippen LogP contribution < -0.4 is 9.47 Å². The molecule has 0 saturated heterocycles. The van der Waals surface area contributed by atoms with E-state index in [1.165, 1.54) is 26.4 Å². The summed E-state index contributed by atoms with van der Waals surface area (Å²) in [7, 11) is 2.86. The molecular weight excluding hydrogens is 300 g/mol. The van der Waals surface area contributed by atoms with Crippen molar-refractivity contribution in [3.8, 4) is 11.5 Å². The van der Waals surface area contributed by atoms with E-state index in [1.54, 1.807) is 6.92 Å². The molecule has 6 heteroatoms. The molecule has 23 heavy (non-hydrogen) atoms. The molecular formula is C17H18O6. The number of aliphatic hydroxyl groups excluding tert-OH is 1. The molecule has 0 spiro atoms. The molecule has 0 saturated carbocycles. The topological polar surface area (TPSA) is 93.1 Å². The fourth-order valence-electron chi connectivity index (χ4n) is 3.34. The highest BCUT2D eigenvalue weighted by Gasteiger charge is 2.45. The van der Waals surface area contributed by atoms with Gasteiger partial charge in [0.2, 0.25) is 0 Å². The predicted molar refractivity (Wildman–Crippen MR) is 81.1 cm³/mol. The van der Waals surface area contributed by atoms with Gasteiger partial charge in [-0.1, -0.05) is 0 Å². The third-order valence-corrected chi connectivity index (χ3v) is 4.37. The third-order valence-electron chi connectivity index (χ3n) is 4.37. The van der Waals surface area contributed by atoms with Crippen molar-refractivity contribution in [3.05, 3.63) is 34.4 Å². The summed E-state index contributed by atoms with van der Waals surface area (Å²) in [6, 6.07) is 3.01. The van der Waals surface area contributed by atoms with Crippen LogP contribution in [0.25, 0.3) is 0 Å². The second-order valence-electron chi connectivity index (χ2n) is 6.20. The van der Waals surface area contributed by atoms with Crippen LogP contribution in [0.1, 0.15) is 40.5 Å². The molecule has 0 unspecified atom stereocenters. The highest BCUT2D eigenvalue weighted by molar-refractivity contribution is 6.28. The number of ketones is 2. The Hall–Kier alpha value is -2.18. The lowest BCUT2D eigenvalue weighted by atomic mass is 9.71. The summed E-state index contributed by atoms with van der Waals surface area (Å²) in [5.41, 5.74) is -0.683. The van der Waals surface area contributed by atoms with Gasteiger partial charge in [0.05, 0.1) is 31.5 Å². The first-order valence-electron chi connectivity index (χ1n) is 7.28. The highest BCUT2D eigenvalue weighted by Crippen LogP contribution is 2.43. The summed E-state index contributed by atoms with van der Waals surface area (Å²) in [5.74, 6) is -0.185. The molecule has 0 aromatic heterocycles. The lowest BCUT2D eigenvalue weighted by Gasteiger charge is -2.36. The van der Waals surface area contributed by atoms with Crippen molar-refractivity contribution < 1.29 is 29.3 Å². The monoisotopic (exact) mass is 318 g/mol. The van der Waals surface area contributed by atoms with Gasteiger partial charge in [0, 0.05) is 35.6 Å². The van der Waals surface area contributed by atoms with Crippen molar-refractivity contribution >= 4 is 11.6 Å². The van der Waals surface area contributed by atoms with Crippen LogP contribution in [-0.4, -0.2) is 47.7 Å². The van der Waals surface area contributed by atoms with Crippen LogP contribution in [0, 0.1) is 0 Å². The maximum atomic E-state index is 12.9. The predicted octanol–water partition coefficient (Wildman–Crippen LogP) is 1.29. The largest absolute Gasteiger partial charge is 0.497 e. The minimum atomic E-state index is -1.23. The number of Topliss-reactive ketones (excluding diaryl/α,β-unsaturated/α-hetero) is 2. The number of rotatable bonds is 2. The number of hydrogen-bond donors (Lipinski definition) is 2. The quantitative estimate of drug-likeness (QED) is 0.853. The Kier molecular flexibility index (Phi) is 3.54. The average molecular weight is 318 g/mol. The summed E-state index contributed by atoms with van der Waals surface area (Å²) < 4.78 is 10.4. The smallest absolute Gasteiger partial charge is 0.194 e. The van der Waals surface area contributed by atoms with Crippen molar-refractivity contribution in [1.29, 1.82) is 0 Å². The Bertz CT molecular complexity index is 744. The van der Waals surface area contributed by atoms with Crippen LogP contribution in [0.2, 0.25) is 0 Å². The van der Waals surface area contributed by atoms with Gasteiger partial charge in [-0.3, -0.25) is 9.59 Å². The van der Waals surface area contributed by atoms with E-state index in [2.05, 4.69) is 0 Å². The maximum Gasteiger partial charge on any atom is 0.194 e. The summed E-state index contributed by atoms with van der Waals surface area (Å²) in [6.45, 7) is 1.54. The molecule has 0 fully saturated rings. The zero-order chi connectivity index (χ0) is 16.9. The molecule has 0 bridgehead atoms. The van der Waals surface area contributed by atoms with Crippen molar-refractivity contribution in [3.63, 3.8) is 0 Å². The Morgan fingerprint density at radius 3 is 2.48 bits per heavy atom.